The van der Waals surface area contributed by atoms with Crippen molar-refractivity contribution in [2.75, 3.05) is 0 Å². The molecule has 2 heterocycles. The number of allylic oxidation sites excluding steroid dienone is 1. The molecular formula is C17H14ClN3O2. The van der Waals surface area contributed by atoms with E-state index in [9.17, 15) is 10.1 Å². The molecule has 0 bridgehead atoms. The molecule has 6 heteroatoms. The SMILES string of the molecule is Cc1cc2c(c(=O)n1C)[C@@H](c1cccc(Cl)c1)C(C#N)=C(N)O2. The fourth-order valence-electron chi connectivity index (χ4n) is 2.76. The summed E-state index contributed by atoms with van der Waals surface area (Å²) in [4.78, 5) is 12.7. The van der Waals surface area contributed by atoms with E-state index in [-0.39, 0.29) is 17.0 Å². The predicted molar refractivity (Wildman–Crippen MR) is 87.2 cm³/mol. The van der Waals surface area contributed by atoms with Crippen LogP contribution in [-0.2, 0) is 7.05 Å². The second-order valence-electron chi connectivity index (χ2n) is 5.41. The molecule has 1 aromatic carbocycles. The second kappa shape index (κ2) is 5.49. The molecular weight excluding hydrogens is 314 g/mol. The van der Waals surface area contributed by atoms with Crippen LogP contribution in [0.5, 0.6) is 5.75 Å². The van der Waals surface area contributed by atoms with Crippen LogP contribution >= 0.6 is 11.6 Å². The van der Waals surface area contributed by atoms with Crippen LogP contribution in [-0.4, -0.2) is 4.57 Å². The maximum absolute atomic E-state index is 12.7. The van der Waals surface area contributed by atoms with Crippen molar-refractivity contribution in [2.45, 2.75) is 12.8 Å². The number of hydrogen-bond donors (Lipinski definition) is 1. The van der Waals surface area contributed by atoms with Gasteiger partial charge in [0.25, 0.3) is 5.56 Å². The summed E-state index contributed by atoms with van der Waals surface area (Å²) in [6.45, 7) is 1.80. The number of halogens is 1. The standard InChI is InChI=1S/C17H14ClN3O2/c1-9-6-13-15(17(22)21(9)2)14(12(8-19)16(20)23-13)10-4-3-5-11(18)7-10/h3-7,14H,20H2,1-2H3/t14-/m0/s1. The summed E-state index contributed by atoms with van der Waals surface area (Å²) >= 11 is 6.07. The van der Waals surface area contributed by atoms with Crippen LogP contribution in [0.2, 0.25) is 5.02 Å². The van der Waals surface area contributed by atoms with Gasteiger partial charge in [0.05, 0.1) is 11.5 Å². The normalized spacial score (nSPS) is 16.5. The largest absolute Gasteiger partial charge is 0.440 e. The van der Waals surface area contributed by atoms with Gasteiger partial charge in [-0.05, 0) is 24.6 Å². The Kier molecular flexibility index (Phi) is 3.63. The summed E-state index contributed by atoms with van der Waals surface area (Å²) in [5.74, 6) is -0.202. The van der Waals surface area contributed by atoms with Crippen molar-refractivity contribution in [1.82, 2.24) is 4.57 Å². The number of rotatable bonds is 1. The molecule has 0 spiro atoms. The fraction of sp³-hybridized carbons (Fsp3) is 0.176. The Labute approximate surface area is 138 Å². The van der Waals surface area contributed by atoms with E-state index < -0.39 is 5.92 Å². The first kappa shape index (κ1) is 15.2. The van der Waals surface area contributed by atoms with Gasteiger partial charge in [0.15, 0.2) is 0 Å². The first-order valence-corrected chi connectivity index (χ1v) is 7.35. The highest BCUT2D eigenvalue weighted by molar-refractivity contribution is 6.30. The van der Waals surface area contributed by atoms with Crippen LogP contribution in [0, 0.1) is 18.3 Å². The molecule has 0 unspecified atom stereocenters. The van der Waals surface area contributed by atoms with Gasteiger partial charge < -0.3 is 15.0 Å². The van der Waals surface area contributed by atoms with Crippen molar-refractivity contribution in [1.29, 1.82) is 5.26 Å². The Hall–Kier alpha value is -2.71. The quantitative estimate of drug-likeness (QED) is 0.872. The molecule has 1 aliphatic heterocycles. The van der Waals surface area contributed by atoms with Gasteiger partial charge in [0.1, 0.15) is 17.4 Å². The molecule has 0 saturated carbocycles. The Bertz CT molecular complexity index is 938. The third kappa shape index (κ3) is 2.37. The van der Waals surface area contributed by atoms with Crippen LogP contribution in [0.15, 0.2) is 46.6 Å². The third-order valence-corrected chi connectivity index (χ3v) is 4.27. The molecule has 2 aromatic rings. The summed E-state index contributed by atoms with van der Waals surface area (Å²) in [7, 11) is 1.68. The zero-order valence-electron chi connectivity index (χ0n) is 12.6. The number of hydrogen-bond acceptors (Lipinski definition) is 4. The van der Waals surface area contributed by atoms with Gasteiger partial charge in [-0.1, -0.05) is 23.7 Å². The fourth-order valence-corrected chi connectivity index (χ4v) is 2.96. The first-order valence-electron chi connectivity index (χ1n) is 6.97. The lowest BCUT2D eigenvalue weighted by Gasteiger charge is -2.26. The Balaban J connectivity index is 2.36. The molecule has 0 amide bonds. The van der Waals surface area contributed by atoms with Crippen LogP contribution in [0.25, 0.3) is 0 Å². The van der Waals surface area contributed by atoms with Crippen molar-refractivity contribution in [3.8, 4) is 11.8 Å². The molecule has 0 aliphatic carbocycles. The number of fused-ring (bicyclic) bond motifs is 1. The van der Waals surface area contributed by atoms with E-state index in [0.29, 0.717) is 16.3 Å². The average Bonchev–Trinajstić information content (AvgIpc) is 2.51. The Morgan fingerprint density at radius 3 is 2.78 bits per heavy atom. The lowest BCUT2D eigenvalue weighted by Crippen LogP contribution is -2.31. The monoisotopic (exact) mass is 327 g/mol. The van der Waals surface area contributed by atoms with E-state index in [1.165, 1.54) is 4.57 Å². The number of nitrogens with zero attached hydrogens (tertiary/aromatic N) is 2. The van der Waals surface area contributed by atoms with Gasteiger partial charge >= 0.3 is 0 Å². The number of pyridine rings is 1. The highest BCUT2D eigenvalue weighted by Gasteiger charge is 2.34. The van der Waals surface area contributed by atoms with Gasteiger partial charge in [-0.25, -0.2) is 0 Å². The van der Waals surface area contributed by atoms with E-state index >= 15 is 0 Å². The molecule has 5 nitrogen and oxygen atoms in total. The van der Waals surface area contributed by atoms with Crippen LogP contribution in [0.4, 0.5) is 0 Å². The number of nitrogens with two attached hydrogens (primary N) is 1. The summed E-state index contributed by atoms with van der Waals surface area (Å²) in [6.07, 6.45) is 0. The molecule has 0 saturated heterocycles. The smallest absolute Gasteiger partial charge is 0.258 e. The van der Waals surface area contributed by atoms with E-state index in [1.54, 1.807) is 38.2 Å². The Morgan fingerprint density at radius 1 is 1.39 bits per heavy atom. The molecule has 0 radical (unpaired) electrons. The van der Waals surface area contributed by atoms with Gasteiger partial charge in [0, 0.05) is 23.8 Å². The lowest BCUT2D eigenvalue weighted by molar-refractivity contribution is 0.389. The molecule has 23 heavy (non-hydrogen) atoms. The highest BCUT2D eigenvalue weighted by atomic mass is 35.5. The van der Waals surface area contributed by atoms with Crippen LogP contribution in [0.3, 0.4) is 0 Å². The van der Waals surface area contributed by atoms with E-state index in [1.807, 2.05) is 6.07 Å². The van der Waals surface area contributed by atoms with Crippen molar-refractivity contribution in [3.05, 3.63) is 74.0 Å². The minimum absolute atomic E-state index is 0.0117. The minimum Gasteiger partial charge on any atom is -0.440 e. The van der Waals surface area contributed by atoms with Gasteiger partial charge in [-0.2, -0.15) is 5.26 Å². The number of nitriles is 1. The van der Waals surface area contributed by atoms with Crippen LogP contribution < -0.4 is 16.0 Å². The van der Waals surface area contributed by atoms with Crippen molar-refractivity contribution >= 4 is 11.6 Å². The molecule has 1 aromatic heterocycles. The third-order valence-electron chi connectivity index (χ3n) is 4.03. The van der Waals surface area contributed by atoms with E-state index in [2.05, 4.69) is 6.07 Å². The predicted octanol–water partition coefficient (Wildman–Crippen LogP) is 2.57. The number of aromatic nitrogens is 1. The average molecular weight is 328 g/mol. The summed E-state index contributed by atoms with van der Waals surface area (Å²) in [5.41, 5.74) is 7.75. The molecule has 1 aliphatic rings. The summed E-state index contributed by atoms with van der Waals surface area (Å²) in [5, 5.41) is 10.0. The van der Waals surface area contributed by atoms with E-state index in [4.69, 9.17) is 22.1 Å². The topological polar surface area (TPSA) is 81.0 Å². The molecule has 1 atom stereocenters. The van der Waals surface area contributed by atoms with Crippen molar-refractivity contribution in [2.24, 2.45) is 12.8 Å². The van der Waals surface area contributed by atoms with E-state index in [0.717, 1.165) is 11.3 Å². The second-order valence-corrected chi connectivity index (χ2v) is 5.84. The minimum atomic E-state index is -0.596. The van der Waals surface area contributed by atoms with Gasteiger partial charge in [-0.3, -0.25) is 4.79 Å². The number of ether oxygens (including phenoxy) is 1. The molecule has 3 rings (SSSR count). The molecule has 116 valence electrons. The zero-order valence-corrected chi connectivity index (χ0v) is 13.4. The number of aryl methyl sites for hydroxylation is 1. The van der Waals surface area contributed by atoms with Crippen molar-refractivity contribution < 1.29 is 4.74 Å². The zero-order chi connectivity index (χ0) is 16.7. The van der Waals surface area contributed by atoms with Crippen LogP contribution in [0.1, 0.15) is 22.7 Å². The number of benzene rings is 1. The summed E-state index contributed by atoms with van der Waals surface area (Å²) in [6, 6.07) is 10.9. The Morgan fingerprint density at radius 2 is 2.13 bits per heavy atom. The lowest BCUT2D eigenvalue weighted by atomic mass is 9.84. The van der Waals surface area contributed by atoms with Gasteiger partial charge in [0.2, 0.25) is 5.88 Å². The maximum Gasteiger partial charge on any atom is 0.258 e. The summed E-state index contributed by atoms with van der Waals surface area (Å²) < 4.78 is 7.05. The first-order chi connectivity index (χ1) is 10.9. The van der Waals surface area contributed by atoms with Gasteiger partial charge in [-0.15, -0.1) is 0 Å². The maximum atomic E-state index is 12.7. The highest BCUT2D eigenvalue weighted by Crippen LogP contribution is 2.40. The van der Waals surface area contributed by atoms with Crippen molar-refractivity contribution in [3.63, 3.8) is 0 Å². The molecule has 0 fully saturated rings. The molecule has 2 N–H and O–H groups in total.